The van der Waals surface area contributed by atoms with Crippen LogP contribution in [0.15, 0.2) is 9.95 Å². The Hall–Kier alpha value is -0.950. The standard InChI is InChI=1S/C8H8N4OS2/c1-14-8-10-7-9-6(13)4-2-15-3-5(4)12(7)11-8/h2-3H2,1H3,(H,9,10,11,13). The smallest absolute Gasteiger partial charge is 0.256 e. The van der Waals surface area contributed by atoms with Crippen molar-refractivity contribution in [3.8, 4) is 0 Å². The van der Waals surface area contributed by atoms with E-state index in [4.69, 9.17) is 0 Å². The van der Waals surface area contributed by atoms with Crippen molar-refractivity contribution in [3.63, 3.8) is 0 Å². The molecule has 0 saturated heterocycles. The molecule has 1 aliphatic rings. The van der Waals surface area contributed by atoms with Crippen molar-refractivity contribution in [2.75, 3.05) is 6.26 Å². The van der Waals surface area contributed by atoms with E-state index >= 15 is 0 Å². The van der Waals surface area contributed by atoms with Gasteiger partial charge in [0, 0.05) is 17.1 Å². The van der Waals surface area contributed by atoms with Gasteiger partial charge in [-0.2, -0.15) is 16.7 Å². The van der Waals surface area contributed by atoms with Crippen molar-refractivity contribution in [2.24, 2.45) is 0 Å². The normalized spacial score (nSPS) is 14.7. The molecule has 78 valence electrons. The lowest BCUT2D eigenvalue weighted by molar-refractivity contribution is 0.833. The van der Waals surface area contributed by atoms with Crippen LogP contribution in [0.4, 0.5) is 0 Å². The van der Waals surface area contributed by atoms with Gasteiger partial charge in [0.15, 0.2) is 0 Å². The fourth-order valence-electron chi connectivity index (χ4n) is 1.63. The number of hydrogen-bond acceptors (Lipinski definition) is 5. The summed E-state index contributed by atoms with van der Waals surface area (Å²) in [5.74, 6) is 2.16. The van der Waals surface area contributed by atoms with Crippen LogP contribution < -0.4 is 5.56 Å². The Bertz CT molecular complexity index is 588. The second kappa shape index (κ2) is 3.28. The molecule has 0 fully saturated rings. The molecule has 0 spiro atoms. The second-order valence-corrected chi connectivity index (χ2v) is 4.97. The van der Waals surface area contributed by atoms with Crippen LogP contribution in [0, 0.1) is 0 Å². The Balaban J connectivity index is 2.40. The molecule has 0 aliphatic carbocycles. The highest BCUT2D eigenvalue weighted by Crippen LogP contribution is 2.27. The molecule has 1 aliphatic heterocycles. The third-order valence-electron chi connectivity index (χ3n) is 2.36. The lowest BCUT2D eigenvalue weighted by Crippen LogP contribution is -2.16. The number of aromatic amines is 1. The minimum atomic E-state index is -0.0254. The van der Waals surface area contributed by atoms with Crippen LogP contribution in [-0.2, 0) is 11.5 Å². The zero-order valence-corrected chi connectivity index (χ0v) is 9.61. The van der Waals surface area contributed by atoms with Gasteiger partial charge < -0.3 is 0 Å². The summed E-state index contributed by atoms with van der Waals surface area (Å²) in [6.45, 7) is 0. The third kappa shape index (κ3) is 1.30. The largest absolute Gasteiger partial charge is 0.290 e. The minimum absolute atomic E-state index is 0.0254. The van der Waals surface area contributed by atoms with Crippen LogP contribution in [0.25, 0.3) is 5.78 Å². The van der Waals surface area contributed by atoms with Gasteiger partial charge in [-0.15, -0.1) is 5.10 Å². The van der Waals surface area contributed by atoms with E-state index in [0.717, 1.165) is 22.8 Å². The van der Waals surface area contributed by atoms with Crippen molar-refractivity contribution >= 4 is 29.3 Å². The number of H-pyrrole nitrogens is 1. The van der Waals surface area contributed by atoms with Crippen molar-refractivity contribution in [3.05, 3.63) is 21.6 Å². The summed E-state index contributed by atoms with van der Waals surface area (Å²) in [6, 6.07) is 0. The molecule has 1 N–H and O–H groups in total. The molecule has 5 nitrogen and oxygen atoms in total. The van der Waals surface area contributed by atoms with Crippen LogP contribution in [0.2, 0.25) is 0 Å². The van der Waals surface area contributed by atoms with Crippen molar-refractivity contribution in [1.82, 2.24) is 19.6 Å². The highest BCUT2D eigenvalue weighted by atomic mass is 32.2. The van der Waals surface area contributed by atoms with Gasteiger partial charge in [-0.1, -0.05) is 11.8 Å². The Labute approximate surface area is 93.7 Å². The summed E-state index contributed by atoms with van der Waals surface area (Å²) in [5, 5.41) is 5.02. The van der Waals surface area contributed by atoms with Crippen LogP contribution in [0.3, 0.4) is 0 Å². The molecule has 0 aromatic carbocycles. The van der Waals surface area contributed by atoms with Gasteiger partial charge >= 0.3 is 0 Å². The third-order valence-corrected chi connectivity index (χ3v) is 3.87. The van der Waals surface area contributed by atoms with Crippen molar-refractivity contribution in [1.29, 1.82) is 0 Å². The summed E-state index contributed by atoms with van der Waals surface area (Å²) in [6.07, 6.45) is 1.92. The van der Waals surface area contributed by atoms with E-state index in [9.17, 15) is 4.79 Å². The fourth-order valence-corrected chi connectivity index (χ4v) is 3.07. The highest BCUT2D eigenvalue weighted by Gasteiger charge is 2.20. The van der Waals surface area contributed by atoms with Crippen LogP contribution in [0.1, 0.15) is 11.3 Å². The molecule has 2 aromatic rings. The maximum atomic E-state index is 11.7. The van der Waals surface area contributed by atoms with E-state index in [1.807, 2.05) is 6.26 Å². The predicted molar refractivity (Wildman–Crippen MR) is 60.4 cm³/mol. The van der Waals surface area contributed by atoms with Crippen molar-refractivity contribution < 1.29 is 0 Å². The topological polar surface area (TPSA) is 63.0 Å². The lowest BCUT2D eigenvalue weighted by Gasteiger charge is -1.98. The summed E-state index contributed by atoms with van der Waals surface area (Å²) in [5.41, 5.74) is 1.80. The van der Waals surface area contributed by atoms with Crippen LogP contribution in [-0.4, -0.2) is 25.8 Å². The number of nitrogens with zero attached hydrogens (tertiary/aromatic N) is 3. The van der Waals surface area contributed by atoms with Gasteiger partial charge in [0.1, 0.15) is 0 Å². The average Bonchev–Trinajstić information content (AvgIpc) is 2.80. The van der Waals surface area contributed by atoms with E-state index in [1.165, 1.54) is 11.8 Å². The molecule has 2 aromatic heterocycles. The van der Waals surface area contributed by atoms with Gasteiger partial charge in [0.05, 0.1) is 5.69 Å². The van der Waals surface area contributed by atoms with E-state index in [0.29, 0.717) is 10.9 Å². The quantitative estimate of drug-likeness (QED) is 0.750. The Morgan fingerprint density at radius 2 is 2.40 bits per heavy atom. The zero-order valence-electron chi connectivity index (χ0n) is 7.98. The Morgan fingerprint density at radius 1 is 1.53 bits per heavy atom. The number of fused-ring (bicyclic) bond motifs is 3. The van der Waals surface area contributed by atoms with Gasteiger partial charge in [-0.25, -0.2) is 4.52 Å². The van der Waals surface area contributed by atoms with E-state index in [-0.39, 0.29) is 5.56 Å². The molecule has 15 heavy (non-hydrogen) atoms. The summed E-state index contributed by atoms with van der Waals surface area (Å²) >= 11 is 3.21. The number of nitrogens with one attached hydrogen (secondary N) is 1. The molecule has 3 heterocycles. The maximum absolute atomic E-state index is 11.7. The second-order valence-electron chi connectivity index (χ2n) is 3.21. The fraction of sp³-hybridized carbons (Fsp3) is 0.375. The molecular weight excluding hydrogens is 232 g/mol. The van der Waals surface area contributed by atoms with E-state index in [2.05, 4.69) is 15.1 Å². The van der Waals surface area contributed by atoms with Gasteiger partial charge in [-0.05, 0) is 6.26 Å². The SMILES string of the molecule is CSc1nc2[nH]c(=O)c3c(n2n1)CSC3. The first kappa shape index (κ1) is 9.29. The first-order chi connectivity index (χ1) is 7.29. The number of hydrogen-bond donors (Lipinski definition) is 1. The van der Waals surface area contributed by atoms with Crippen molar-refractivity contribution in [2.45, 2.75) is 16.7 Å². The molecule has 3 rings (SSSR count). The Morgan fingerprint density at radius 3 is 3.20 bits per heavy atom. The monoisotopic (exact) mass is 240 g/mol. The molecule has 0 atom stereocenters. The number of rotatable bonds is 1. The summed E-state index contributed by atoms with van der Waals surface area (Å²) < 4.78 is 1.75. The van der Waals surface area contributed by atoms with E-state index in [1.54, 1.807) is 16.3 Å². The molecule has 0 amide bonds. The Kier molecular flexibility index (Phi) is 2.03. The molecule has 7 heteroatoms. The predicted octanol–water partition coefficient (Wildman–Crippen LogP) is 0.886. The first-order valence-electron chi connectivity index (χ1n) is 4.42. The maximum Gasteiger partial charge on any atom is 0.256 e. The average molecular weight is 240 g/mol. The lowest BCUT2D eigenvalue weighted by atomic mass is 10.3. The van der Waals surface area contributed by atoms with E-state index < -0.39 is 0 Å². The molecule has 0 radical (unpaired) electrons. The molecule has 0 bridgehead atoms. The zero-order chi connectivity index (χ0) is 10.4. The highest BCUT2D eigenvalue weighted by molar-refractivity contribution is 7.98. The molecule has 0 saturated carbocycles. The van der Waals surface area contributed by atoms with Crippen LogP contribution >= 0.6 is 23.5 Å². The number of thioether (sulfide) groups is 2. The number of aromatic nitrogens is 4. The molecule has 0 unspecified atom stereocenters. The first-order valence-corrected chi connectivity index (χ1v) is 6.80. The summed E-state index contributed by atoms with van der Waals surface area (Å²) in [4.78, 5) is 18.6. The minimum Gasteiger partial charge on any atom is -0.290 e. The molecular formula is C8H8N4OS2. The van der Waals surface area contributed by atoms with Gasteiger partial charge in [0.2, 0.25) is 10.9 Å². The van der Waals surface area contributed by atoms with Crippen LogP contribution in [0.5, 0.6) is 0 Å². The summed E-state index contributed by atoms with van der Waals surface area (Å²) in [7, 11) is 0. The van der Waals surface area contributed by atoms with Gasteiger partial charge in [0.25, 0.3) is 5.56 Å². The van der Waals surface area contributed by atoms with Gasteiger partial charge in [-0.3, -0.25) is 9.78 Å².